The topological polar surface area (TPSA) is 59.1 Å². The van der Waals surface area contributed by atoms with Crippen molar-refractivity contribution in [3.05, 3.63) is 11.8 Å². The second-order valence-corrected chi connectivity index (χ2v) is 5.35. The zero-order chi connectivity index (χ0) is 14.6. The van der Waals surface area contributed by atoms with Gasteiger partial charge in [-0.15, -0.1) is 0 Å². The molecule has 0 saturated heterocycles. The fourth-order valence-corrected chi connectivity index (χ4v) is 1.67. The first kappa shape index (κ1) is 15.5. The van der Waals surface area contributed by atoms with Gasteiger partial charge in [-0.05, 0) is 33.6 Å². The van der Waals surface area contributed by atoms with E-state index in [2.05, 4.69) is 0 Å². The summed E-state index contributed by atoms with van der Waals surface area (Å²) in [5, 5.41) is 1.09. The Kier molecular flexibility index (Phi) is 4.94. The fourth-order valence-electron chi connectivity index (χ4n) is 1.67. The first-order valence-corrected chi connectivity index (χ1v) is 6.29. The molecule has 0 N–H and O–H groups in total. The van der Waals surface area contributed by atoms with Crippen molar-refractivity contribution in [2.24, 2.45) is 0 Å². The molecule has 6 heteroatoms. The smallest absolute Gasteiger partial charge is 0.414 e. The van der Waals surface area contributed by atoms with Gasteiger partial charge in [0.15, 0.2) is 0 Å². The van der Waals surface area contributed by atoms with Crippen LogP contribution >= 0.6 is 0 Å². The number of hydrogen-bond donors (Lipinski definition) is 0. The van der Waals surface area contributed by atoms with Crippen LogP contribution in [0, 0.1) is 0 Å². The van der Waals surface area contributed by atoms with Crippen molar-refractivity contribution in [3.8, 4) is 0 Å². The van der Waals surface area contributed by atoms with Gasteiger partial charge in [-0.1, -0.05) is 6.08 Å². The third-order valence-electron chi connectivity index (χ3n) is 2.61. The summed E-state index contributed by atoms with van der Waals surface area (Å²) in [7, 11) is 2.91. The van der Waals surface area contributed by atoms with Gasteiger partial charge in [0, 0.05) is 13.6 Å². The molecular weight excluding hydrogens is 248 g/mol. The first-order valence-electron chi connectivity index (χ1n) is 6.29. The molecule has 0 atom stereocenters. The second kappa shape index (κ2) is 6.06. The number of hydrogen-bond acceptors (Lipinski definition) is 4. The lowest BCUT2D eigenvalue weighted by Gasteiger charge is -2.31. The Hall–Kier alpha value is -1.56. The number of carbonyl (C=O) groups excluding carboxylic acids is 2. The molecule has 0 radical (unpaired) electrons. The van der Waals surface area contributed by atoms with Gasteiger partial charge in [-0.25, -0.2) is 9.86 Å². The minimum atomic E-state index is -0.587. The SMILES string of the molecule is CON(C)C(=O)C1=CCCCN1C(=O)OC(C)(C)C. The number of carbonyl (C=O) groups is 2. The monoisotopic (exact) mass is 270 g/mol. The van der Waals surface area contributed by atoms with Crippen LogP contribution in [0.2, 0.25) is 0 Å². The van der Waals surface area contributed by atoms with Crippen LogP contribution in [0.3, 0.4) is 0 Å². The Balaban J connectivity index is 2.86. The van der Waals surface area contributed by atoms with Gasteiger partial charge in [0.2, 0.25) is 0 Å². The van der Waals surface area contributed by atoms with E-state index in [4.69, 9.17) is 9.57 Å². The molecule has 0 aliphatic carbocycles. The quantitative estimate of drug-likeness (QED) is 0.719. The van der Waals surface area contributed by atoms with Crippen LogP contribution in [0.4, 0.5) is 4.79 Å². The lowest BCUT2D eigenvalue weighted by molar-refractivity contribution is -0.165. The number of rotatable bonds is 2. The zero-order valence-electron chi connectivity index (χ0n) is 12.2. The summed E-state index contributed by atoms with van der Waals surface area (Å²) in [6, 6.07) is 0. The molecule has 6 nitrogen and oxygen atoms in total. The van der Waals surface area contributed by atoms with Crippen LogP contribution < -0.4 is 0 Å². The first-order chi connectivity index (χ1) is 8.76. The largest absolute Gasteiger partial charge is 0.443 e. The van der Waals surface area contributed by atoms with Gasteiger partial charge in [0.1, 0.15) is 11.3 Å². The molecule has 1 rings (SSSR count). The second-order valence-electron chi connectivity index (χ2n) is 5.35. The highest BCUT2D eigenvalue weighted by molar-refractivity contribution is 5.95. The summed E-state index contributed by atoms with van der Waals surface area (Å²) in [4.78, 5) is 30.4. The number of allylic oxidation sites excluding steroid dienone is 1. The van der Waals surface area contributed by atoms with E-state index in [9.17, 15) is 9.59 Å². The van der Waals surface area contributed by atoms with Crippen LogP contribution in [0.1, 0.15) is 33.6 Å². The van der Waals surface area contributed by atoms with Crippen LogP contribution in [0.25, 0.3) is 0 Å². The Morgan fingerprint density at radius 2 is 2.00 bits per heavy atom. The van der Waals surface area contributed by atoms with E-state index in [0.29, 0.717) is 12.2 Å². The van der Waals surface area contributed by atoms with Crippen LogP contribution in [0.15, 0.2) is 11.8 Å². The van der Waals surface area contributed by atoms with Crippen LogP contribution in [-0.4, -0.2) is 48.3 Å². The van der Waals surface area contributed by atoms with Gasteiger partial charge in [0.25, 0.3) is 5.91 Å². The highest BCUT2D eigenvalue weighted by Crippen LogP contribution is 2.20. The maximum Gasteiger partial charge on any atom is 0.414 e. The molecule has 0 aromatic rings. The Morgan fingerprint density at radius 1 is 1.37 bits per heavy atom. The van der Waals surface area contributed by atoms with E-state index in [1.807, 2.05) is 0 Å². The molecule has 0 saturated carbocycles. The molecule has 1 heterocycles. The van der Waals surface area contributed by atoms with Crippen molar-refractivity contribution in [1.29, 1.82) is 0 Å². The average molecular weight is 270 g/mol. The maximum atomic E-state index is 12.1. The fraction of sp³-hybridized carbons (Fsp3) is 0.692. The van der Waals surface area contributed by atoms with Crippen LogP contribution in [-0.2, 0) is 14.4 Å². The number of likely N-dealkylation sites (N-methyl/N-ethyl adjacent to an activating group) is 1. The summed E-state index contributed by atoms with van der Waals surface area (Å²) in [6.45, 7) is 5.86. The normalized spacial score (nSPS) is 15.8. The van der Waals surface area contributed by atoms with E-state index in [0.717, 1.165) is 17.9 Å². The molecule has 19 heavy (non-hydrogen) atoms. The van der Waals surface area contributed by atoms with E-state index in [1.165, 1.54) is 19.1 Å². The Morgan fingerprint density at radius 3 is 2.53 bits per heavy atom. The summed E-state index contributed by atoms with van der Waals surface area (Å²) in [6.07, 6.45) is 2.81. The van der Waals surface area contributed by atoms with Gasteiger partial charge >= 0.3 is 6.09 Å². The van der Waals surface area contributed by atoms with E-state index in [-0.39, 0.29) is 5.91 Å². The summed E-state index contributed by atoms with van der Waals surface area (Å²) in [5.74, 6) is -0.354. The third-order valence-corrected chi connectivity index (χ3v) is 2.61. The molecule has 108 valence electrons. The molecule has 2 amide bonds. The molecular formula is C13H22N2O4. The maximum absolute atomic E-state index is 12.1. The van der Waals surface area contributed by atoms with Crippen LogP contribution in [0.5, 0.6) is 0 Å². The van der Waals surface area contributed by atoms with E-state index < -0.39 is 11.7 Å². The lowest BCUT2D eigenvalue weighted by atomic mass is 10.1. The molecule has 0 aromatic carbocycles. The summed E-state index contributed by atoms with van der Waals surface area (Å²) >= 11 is 0. The predicted octanol–water partition coefficient (Wildman–Crippen LogP) is 1.92. The standard InChI is InChI=1S/C13H22N2O4/c1-13(2,3)19-12(17)15-9-7-6-8-10(15)11(16)14(4)18-5/h8H,6-7,9H2,1-5H3. The number of hydroxylamine groups is 2. The molecule has 1 aliphatic heterocycles. The van der Waals surface area contributed by atoms with Gasteiger partial charge in [-0.3, -0.25) is 14.5 Å². The number of amides is 2. The van der Waals surface area contributed by atoms with Gasteiger partial charge < -0.3 is 4.74 Å². The molecule has 0 aromatic heterocycles. The predicted molar refractivity (Wildman–Crippen MR) is 70.0 cm³/mol. The summed E-state index contributed by atoms with van der Waals surface area (Å²) in [5.41, 5.74) is -0.277. The number of ether oxygens (including phenoxy) is 1. The Labute approximate surface area is 113 Å². The van der Waals surface area contributed by atoms with Crippen molar-refractivity contribution in [3.63, 3.8) is 0 Å². The van der Waals surface area contributed by atoms with Gasteiger partial charge in [0.05, 0.1) is 7.11 Å². The van der Waals surface area contributed by atoms with Crippen molar-refractivity contribution < 1.29 is 19.2 Å². The van der Waals surface area contributed by atoms with E-state index >= 15 is 0 Å². The molecule has 1 aliphatic rings. The van der Waals surface area contributed by atoms with E-state index in [1.54, 1.807) is 26.8 Å². The summed E-state index contributed by atoms with van der Waals surface area (Å²) < 4.78 is 5.31. The molecule has 0 unspecified atom stereocenters. The van der Waals surface area contributed by atoms with Gasteiger partial charge in [-0.2, -0.15) is 0 Å². The number of nitrogens with zero attached hydrogens (tertiary/aromatic N) is 2. The molecule has 0 spiro atoms. The minimum Gasteiger partial charge on any atom is -0.443 e. The zero-order valence-corrected chi connectivity index (χ0v) is 12.2. The van der Waals surface area contributed by atoms with Crippen molar-refractivity contribution in [1.82, 2.24) is 9.96 Å². The lowest BCUT2D eigenvalue weighted by Crippen LogP contribution is -2.43. The van der Waals surface area contributed by atoms with Crippen molar-refractivity contribution in [2.45, 2.75) is 39.2 Å². The third kappa shape index (κ3) is 4.24. The molecule has 0 bridgehead atoms. The highest BCUT2D eigenvalue weighted by atomic mass is 16.7. The van der Waals surface area contributed by atoms with Crippen molar-refractivity contribution >= 4 is 12.0 Å². The highest BCUT2D eigenvalue weighted by Gasteiger charge is 2.31. The average Bonchev–Trinajstić information content (AvgIpc) is 2.35. The minimum absolute atomic E-state index is 0.310. The molecule has 0 fully saturated rings. The van der Waals surface area contributed by atoms with Crippen molar-refractivity contribution in [2.75, 3.05) is 20.7 Å². The Bertz CT molecular complexity index is 385.